The summed E-state index contributed by atoms with van der Waals surface area (Å²) in [5, 5.41) is 5.35. The van der Waals surface area contributed by atoms with Crippen LogP contribution in [0.1, 0.15) is 11.1 Å². The van der Waals surface area contributed by atoms with Gasteiger partial charge in [0.05, 0.1) is 21.3 Å². The number of ether oxygens (including phenoxy) is 8. The second kappa shape index (κ2) is 44.5. The highest BCUT2D eigenvalue weighted by atomic mass is 16.5. The number of H-pyrrole nitrogens is 5. The first-order valence-corrected chi connectivity index (χ1v) is 48.6. The summed E-state index contributed by atoms with van der Waals surface area (Å²) in [6.45, 7) is 4.24. The summed E-state index contributed by atoms with van der Waals surface area (Å²) in [5.74, 6) is 10.5. The van der Waals surface area contributed by atoms with Gasteiger partial charge in [0.2, 0.25) is 0 Å². The quantitative estimate of drug-likeness (QED) is 0.0403. The zero-order valence-corrected chi connectivity index (χ0v) is 81.7. The van der Waals surface area contributed by atoms with Gasteiger partial charge in [-0.15, -0.1) is 0 Å². The van der Waals surface area contributed by atoms with Crippen LogP contribution in [0.15, 0.2) is 487 Å². The Hall–Kier alpha value is -19.9. The van der Waals surface area contributed by atoms with Gasteiger partial charge in [-0.2, -0.15) is 0 Å². The minimum Gasteiger partial charge on any atom is -0.497 e. The fourth-order valence-electron chi connectivity index (χ4n) is 18.1. The molecular formula is C130H100N10O8. The fraction of sp³-hybridized carbons (Fsp3) is 0.0385. The fourth-order valence-corrected chi connectivity index (χ4v) is 18.1. The molecule has 0 amide bonds. The Kier molecular flexibility index (Phi) is 28.4. The molecule has 18 heteroatoms. The van der Waals surface area contributed by atoms with Crippen LogP contribution in [-0.2, 0) is 0 Å². The minimum atomic E-state index is 0.791. The van der Waals surface area contributed by atoms with Crippen molar-refractivity contribution < 1.29 is 37.9 Å². The molecule has 15 aromatic carbocycles. The van der Waals surface area contributed by atoms with E-state index in [1.54, 1.807) is 21.3 Å². The SMILES string of the molecule is COc1ccc(-c2c[nH]c3ncc(-c4ccccc4Oc4ccccc4)cc23)cc1.COc1cccc(-c2c[nH]c3ncc(-c4ccccc4Oc4ccccc4)cc23)c1.COc1ccccc1-c1c[nH]c2ncc(-c3ccccc3Oc3ccccc3)cc12.Cc1cccc(-c2c[nH]c3ncc(-c4ccccc4Oc4ccccc4)cc23)c1.Cc1ccccc1-c1c[nH]c2ncc(-c3ccccc3Oc3ccccc3)cc12. The van der Waals surface area contributed by atoms with Crippen molar-refractivity contribution in [1.82, 2.24) is 49.8 Å². The molecule has 25 aromatic rings. The van der Waals surface area contributed by atoms with Gasteiger partial charge in [0.25, 0.3) is 0 Å². The van der Waals surface area contributed by atoms with Gasteiger partial charge < -0.3 is 62.8 Å². The lowest BCUT2D eigenvalue weighted by Crippen LogP contribution is -1.90. The Balaban J connectivity index is 0.000000108. The number of rotatable bonds is 23. The summed E-state index contributed by atoms with van der Waals surface area (Å²) in [7, 11) is 5.04. The number of aryl methyl sites for hydroxylation is 2. The molecule has 0 aliphatic carbocycles. The highest BCUT2D eigenvalue weighted by Gasteiger charge is 2.22. The topological polar surface area (TPSA) is 217 Å². The average Bonchev–Trinajstić information content (AvgIpc) is 1.65. The molecule has 5 N–H and O–H groups in total. The molecule has 10 aromatic heterocycles. The first-order valence-electron chi connectivity index (χ1n) is 48.6. The number of nitrogens with one attached hydrogen (secondary N) is 5. The van der Waals surface area contributed by atoms with Crippen molar-refractivity contribution in [3.05, 3.63) is 498 Å². The van der Waals surface area contributed by atoms with Crippen LogP contribution in [0.5, 0.6) is 74.7 Å². The number of fused-ring (bicyclic) bond motifs is 5. The normalized spacial score (nSPS) is 10.9. The minimum absolute atomic E-state index is 0.791. The maximum Gasteiger partial charge on any atom is 0.137 e. The van der Waals surface area contributed by atoms with Gasteiger partial charge in [-0.25, -0.2) is 24.9 Å². The van der Waals surface area contributed by atoms with Gasteiger partial charge in [0.15, 0.2) is 0 Å². The van der Waals surface area contributed by atoms with Gasteiger partial charge in [0.1, 0.15) is 103 Å². The number of hydrogen-bond donors (Lipinski definition) is 5. The number of methoxy groups -OCH3 is 3. The molecule has 0 atom stereocenters. The maximum atomic E-state index is 6.16. The summed E-state index contributed by atoms with van der Waals surface area (Å²) in [6, 6.07) is 141. The van der Waals surface area contributed by atoms with Gasteiger partial charge in [0, 0.05) is 178 Å². The molecule has 0 saturated carbocycles. The molecule has 0 bridgehead atoms. The molecule has 0 spiro atoms. The molecule has 10 heterocycles. The molecule has 0 unspecified atom stereocenters. The maximum absolute atomic E-state index is 6.16. The molecule has 0 fully saturated rings. The summed E-state index contributed by atoms with van der Waals surface area (Å²) in [4.78, 5) is 39.7. The number of benzene rings is 15. The standard InChI is InChI=1S/3C26H20N2O2.2C26H20N2O/c1-29-24-13-7-6-12-21(24)23-17-28-26-22(23)15-18(16-27-26)20-11-5-8-14-25(20)30-19-9-3-2-4-10-19;1-29-21-11-7-8-18(14-21)24-17-28-26-23(24)15-19(16-27-26)22-12-5-6-13-25(22)30-20-9-3-2-4-10-20;1-29-20-13-11-18(12-14-20)24-17-28-26-23(24)15-19(16-27-26)22-9-5-6-10-25(22)30-21-7-3-2-4-8-21;1-18-8-7-9-19(14-18)24-17-28-26-23(24)15-20(16-27-26)22-12-5-6-13-25(22)29-21-10-3-2-4-11-21;1-18-9-5-6-12-21(18)24-17-28-26-23(24)15-19(16-27-26)22-13-7-8-14-25(22)29-20-10-3-2-4-11-20/h3*2-17H,1H3,(H,27,28);2*2-17H,1H3,(H,27,28). The highest BCUT2D eigenvalue weighted by molar-refractivity contribution is 6.02. The van der Waals surface area contributed by atoms with Crippen molar-refractivity contribution in [1.29, 1.82) is 0 Å². The van der Waals surface area contributed by atoms with Crippen molar-refractivity contribution >= 4 is 55.2 Å². The summed E-state index contributed by atoms with van der Waals surface area (Å²) >= 11 is 0. The van der Waals surface area contributed by atoms with Crippen LogP contribution < -0.4 is 37.9 Å². The van der Waals surface area contributed by atoms with Gasteiger partial charge in [-0.1, -0.05) is 279 Å². The molecule has 148 heavy (non-hydrogen) atoms. The first-order chi connectivity index (χ1) is 73.0. The van der Waals surface area contributed by atoms with E-state index in [9.17, 15) is 0 Å². The van der Waals surface area contributed by atoms with Gasteiger partial charge in [-0.05, 0) is 193 Å². The molecule has 18 nitrogen and oxygen atoms in total. The molecule has 25 rings (SSSR count). The van der Waals surface area contributed by atoms with Crippen molar-refractivity contribution in [2.45, 2.75) is 13.8 Å². The van der Waals surface area contributed by atoms with E-state index < -0.39 is 0 Å². The van der Waals surface area contributed by atoms with Crippen LogP contribution in [0.4, 0.5) is 0 Å². The van der Waals surface area contributed by atoms with Crippen molar-refractivity contribution in [3.8, 4) is 186 Å². The predicted octanol–water partition coefficient (Wildman–Crippen LogP) is 34.1. The van der Waals surface area contributed by atoms with E-state index in [-0.39, 0.29) is 0 Å². The number of pyridine rings is 5. The number of aromatic nitrogens is 10. The van der Waals surface area contributed by atoms with E-state index in [1.165, 1.54) is 22.3 Å². The molecular weight excluding hydrogens is 1830 g/mol. The van der Waals surface area contributed by atoms with Crippen LogP contribution in [0, 0.1) is 13.8 Å². The van der Waals surface area contributed by atoms with E-state index in [4.69, 9.17) is 37.9 Å². The Labute approximate surface area is 856 Å². The summed E-state index contributed by atoms with van der Waals surface area (Å²) in [6.07, 6.45) is 19.4. The third kappa shape index (κ3) is 21.5. The molecule has 0 aliphatic rings. The van der Waals surface area contributed by atoms with Crippen molar-refractivity contribution in [2.24, 2.45) is 0 Å². The Morgan fingerprint density at radius 2 is 0.426 bits per heavy atom. The van der Waals surface area contributed by atoms with E-state index in [2.05, 4.69) is 197 Å². The molecule has 718 valence electrons. The number of aromatic amines is 5. The summed E-state index contributed by atoms with van der Waals surface area (Å²) in [5.41, 5.74) is 28.0. The van der Waals surface area contributed by atoms with Crippen molar-refractivity contribution in [2.75, 3.05) is 21.3 Å². The van der Waals surface area contributed by atoms with Gasteiger partial charge in [-0.3, -0.25) is 0 Å². The van der Waals surface area contributed by atoms with Crippen LogP contribution >= 0.6 is 0 Å². The van der Waals surface area contributed by atoms with Gasteiger partial charge >= 0.3 is 0 Å². The van der Waals surface area contributed by atoms with Crippen LogP contribution in [-0.4, -0.2) is 71.2 Å². The Morgan fingerprint density at radius 1 is 0.169 bits per heavy atom. The Morgan fingerprint density at radius 3 is 0.743 bits per heavy atom. The largest absolute Gasteiger partial charge is 0.497 e. The zero-order valence-electron chi connectivity index (χ0n) is 81.7. The molecule has 0 aliphatic heterocycles. The van der Waals surface area contributed by atoms with E-state index in [0.717, 1.165) is 230 Å². The molecule has 0 radical (unpaired) electrons. The lowest BCUT2D eigenvalue weighted by molar-refractivity contribution is 0.415. The number of nitrogens with zero attached hydrogens (tertiary/aromatic N) is 5. The zero-order chi connectivity index (χ0) is 100. The van der Waals surface area contributed by atoms with E-state index >= 15 is 0 Å². The molecule has 0 saturated heterocycles. The monoisotopic (exact) mass is 1930 g/mol. The van der Waals surface area contributed by atoms with E-state index in [0.29, 0.717) is 0 Å². The smallest absolute Gasteiger partial charge is 0.137 e. The number of para-hydroxylation sites is 11. The second-order valence-electron chi connectivity index (χ2n) is 35.0. The van der Waals surface area contributed by atoms with Crippen LogP contribution in [0.25, 0.3) is 166 Å². The lowest BCUT2D eigenvalue weighted by Gasteiger charge is -2.12. The summed E-state index contributed by atoms with van der Waals surface area (Å²) < 4.78 is 47.0. The third-order valence-electron chi connectivity index (χ3n) is 25.4. The second-order valence-corrected chi connectivity index (χ2v) is 35.0. The average molecular weight is 1930 g/mol. The van der Waals surface area contributed by atoms with Crippen molar-refractivity contribution in [3.63, 3.8) is 0 Å². The van der Waals surface area contributed by atoms with Crippen LogP contribution in [0.3, 0.4) is 0 Å². The predicted molar refractivity (Wildman–Crippen MR) is 597 cm³/mol. The lowest BCUT2D eigenvalue weighted by atomic mass is 9.99. The first kappa shape index (κ1) is 94.4. The Bertz CT molecular complexity index is 8880. The third-order valence-corrected chi connectivity index (χ3v) is 25.4. The van der Waals surface area contributed by atoms with E-state index in [1.807, 2.05) is 353 Å². The van der Waals surface area contributed by atoms with Crippen LogP contribution in [0.2, 0.25) is 0 Å². The number of hydrogen-bond acceptors (Lipinski definition) is 13. The highest BCUT2D eigenvalue weighted by Crippen LogP contribution is 2.46.